The van der Waals surface area contributed by atoms with Crippen LogP contribution in [0.25, 0.3) is 0 Å². The van der Waals surface area contributed by atoms with Crippen molar-refractivity contribution in [3.8, 4) is 0 Å². The van der Waals surface area contributed by atoms with Gasteiger partial charge in [0.1, 0.15) is 0 Å². The SMILES string of the molecule is Cc1ccccc1CN1C(=O)C2=CC(C=CC=C2)C1=O. The molecule has 1 aliphatic carbocycles. The van der Waals surface area contributed by atoms with Crippen LogP contribution in [0.15, 0.2) is 60.2 Å². The quantitative estimate of drug-likeness (QED) is 0.771. The van der Waals surface area contributed by atoms with Crippen LogP contribution < -0.4 is 0 Å². The lowest BCUT2D eigenvalue weighted by Crippen LogP contribution is -2.43. The summed E-state index contributed by atoms with van der Waals surface area (Å²) in [6.07, 6.45) is 8.93. The van der Waals surface area contributed by atoms with Gasteiger partial charge in [0, 0.05) is 5.57 Å². The van der Waals surface area contributed by atoms with Gasteiger partial charge in [-0.25, -0.2) is 0 Å². The van der Waals surface area contributed by atoms with Crippen LogP contribution in [0, 0.1) is 12.8 Å². The first kappa shape index (κ1) is 12.6. The Morgan fingerprint density at radius 3 is 2.75 bits per heavy atom. The van der Waals surface area contributed by atoms with E-state index in [1.807, 2.05) is 43.3 Å². The molecule has 0 radical (unpaired) electrons. The number of benzene rings is 1. The molecule has 0 fully saturated rings. The Kier molecular flexibility index (Phi) is 3.11. The molecule has 1 aromatic rings. The third kappa shape index (κ3) is 2.11. The first-order chi connectivity index (χ1) is 9.66. The van der Waals surface area contributed by atoms with Crippen LogP contribution in [0.5, 0.6) is 0 Å². The molecule has 0 spiro atoms. The van der Waals surface area contributed by atoms with E-state index in [2.05, 4.69) is 0 Å². The van der Waals surface area contributed by atoms with Crippen LogP contribution >= 0.6 is 0 Å². The van der Waals surface area contributed by atoms with E-state index in [9.17, 15) is 9.59 Å². The maximum atomic E-state index is 12.4. The minimum absolute atomic E-state index is 0.151. The zero-order valence-corrected chi connectivity index (χ0v) is 11.2. The molecule has 1 aromatic carbocycles. The molecule has 0 saturated heterocycles. The fourth-order valence-corrected chi connectivity index (χ4v) is 2.49. The first-order valence-electron chi connectivity index (χ1n) is 6.64. The summed E-state index contributed by atoms with van der Waals surface area (Å²) >= 11 is 0. The number of allylic oxidation sites excluding steroid dienone is 2. The van der Waals surface area contributed by atoms with Gasteiger partial charge in [-0.1, -0.05) is 48.6 Å². The van der Waals surface area contributed by atoms with E-state index >= 15 is 0 Å². The standard InChI is InChI=1S/C17H15NO2/c1-12-6-2-3-9-15(12)11-18-16(19)13-7-4-5-8-14(10-13)17(18)20/h2-10,13H,11H2,1H3. The summed E-state index contributed by atoms with van der Waals surface area (Å²) in [7, 11) is 0. The molecule has 0 N–H and O–H groups in total. The smallest absolute Gasteiger partial charge is 0.260 e. The predicted octanol–water partition coefficient (Wildman–Crippen LogP) is 2.53. The molecule has 0 saturated carbocycles. The average Bonchev–Trinajstić information content (AvgIpc) is 2.68. The molecule has 3 nitrogen and oxygen atoms in total. The van der Waals surface area contributed by atoms with Crippen LogP contribution in [0.1, 0.15) is 11.1 Å². The summed E-state index contributed by atoms with van der Waals surface area (Å²) < 4.78 is 0. The van der Waals surface area contributed by atoms with Crippen LogP contribution in [-0.2, 0) is 16.1 Å². The Balaban J connectivity index is 1.94. The fourth-order valence-electron chi connectivity index (χ4n) is 2.49. The highest BCUT2D eigenvalue weighted by atomic mass is 16.2. The highest BCUT2D eigenvalue weighted by molar-refractivity contribution is 6.10. The van der Waals surface area contributed by atoms with Crippen molar-refractivity contribution in [3.05, 3.63) is 71.3 Å². The second-order valence-corrected chi connectivity index (χ2v) is 5.05. The summed E-state index contributed by atoms with van der Waals surface area (Å²) in [6.45, 7) is 2.32. The van der Waals surface area contributed by atoms with Crippen molar-refractivity contribution >= 4 is 11.8 Å². The van der Waals surface area contributed by atoms with Crippen LogP contribution in [-0.4, -0.2) is 16.7 Å². The molecular formula is C17H15NO2. The molecule has 2 amide bonds. The van der Waals surface area contributed by atoms with E-state index in [0.29, 0.717) is 12.1 Å². The fraction of sp³-hybridized carbons (Fsp3) is 0.176. The molecule has 20 heavy (non-hydrogen) atoms. The summed E-state index contributed by atoms with van der Waals surface area (Å²) in [6, 6.07) is 7.81. The number of hydrogen-bond donors (Lipinski definition) is 0. The number of rotatable bonds is 2. The monoisotopic (exact) mass is 265 g/mol. The lowest BCUT2D eigenvalue weighted by Gasteiger charge is -2.28. The van der Waals surface area contributed by atoms with E-state index in [0.717, 1.165) is 11.1 Å². The zero-order chi connectivity index (χ0) is 14.1. The lowest BCUT2D eigenvalue weighted by atomic mass is 9.98. The van der Waals surface area contributed by atoms with E-state index < -0.39 is 0 Å². The number of nitrogens with zero attached hydrogens (tertiary/aromatic N) is 1. The minimum Gasteiger partial charge on any atom is -0.273 e. The van der Waals surface area contributed by atoms with Crippen molar-refractivity contribution < 1.29 is 9.59 Å². The van der Waals surface area contributed by atoms with Gasteiger partial charge in [-0.2, -0.15) is 0 Å². The van der Waals surface area contributed by atoms with Gasteiger partial charge in [0.2, 0.25) is 5.91 Å². The first-order valence-corrected chi connectivity index (χ1v) is 6.64. The minimum atomic E-state index is -0.332. The van der Waals surface area contributed by atoms with Crippen molar-refractivity contribution in [3.63, 3.8) is 0 Å². The van der Waals surface area contributed by atoms with Gasteiger partial charge in [0.05, 0.1) is 12.5 Å². The number of hydrogen-bond acceptors (Lipinski definition) is 2. The van der Waals surface area contributed by atoms with Crippen LogP contribution in [0.3, 0.4) is 0 Å². The molecule has 2 bridgehead atoms. The second kappa shape index (κ2) is 4.93. The third-order valence-electron chi connectivity index (χ3n) is 3.70. The summed E-state index contributed by atoms with van der Waals surface area (Å²) in [5, 5.41) is 0. The van der Waals surface area contributed by atoms with Crippen molar-refractivity contribution in [1.82, 2.24) is 4.90 Å². The Morgan fingerprint density at radius 1 is 1.15 bits per heavy atom. The normalized spacial score (nSPS) is 20.9. The van der Waals surface area contributed by atoms with Gasteiger partial charge in [0.15, 0.2) is 0 Å². The van der Waals surface area contributed by atoms with Crippen molar-refractivity contribution in [2.24, 2.45) is 5.92 Å². The Morgan fingerprint density at radius 2 is 1.95 bits per heavy atom. The summed E-state index contributed by atoms with van der Waals surface area (Å²) in [5.74, 6) is -0.696. The Bertz CT molecular complexity index is 667. The highest BCUT2D eigenvalue weighted by Crippen LogP contribution is 2.24. The Labute approximate surface area is 117 Å². The second-order valence-electron chi connectivity index (χ2n) is 5.05. The van der Waals surface area contributed by atoms with E-state index in [-0.39, 0.29) is 17.7 Å². The van der Waals surface area contributed by atoms with Gasteiger partial charge >= 0.3 is 0 Å². The Hall–Kier alpha value is -2.42. The predicted molar refractivity (Wildman–Crippen MR) is 76.6 cm³/mol. The molecule has 1 unspecified atom stereocenters. The van der Waals surface area contributed by atoms with Crippen LogP contribution in [0.2, 0.25) is 0 Å². The van der Waals surface area contributed by atoms with Gasteiger partial charge in [-0.05, 0) is 24.1 Å². The summed E-state index contributed by atoms with van der Waals surface area (Å²) in [4.78, 5) is 26.1. The molecular weight excluding hydrogens is 250 g/mol. The topological polar surface area (TPSA) is 37.4 Å². The molecule has 1 aliphatic heterocycles. The average molecular weight is 265 g/mol. The van der Waals surface area contributed by atoms with Gasteiger partial charge in [0.25, 0.3) is 5.91 Å². The molecule has 3 heteroatoms. The third-order valence-corrected chi connectivity index (χ3v) is 3.70. The molecule has 0 aromatic heterocycles. The molecule has 2 aliphatic rings. The molecule has 1 heterocycles. The van der Waals surface area contributed by atoms with Crippen LogP contribution in [0.4, 0.5) is 0 Å². The van der Waals surface area contributed by atoms with E-state index in [1.54, 1.807) is 18.2 Å². The van der Waals surface area contributed by atoms with Crippen molar-refractivity contribution in [2.75, 3.05) is 0 Å². The molecule has 1 atom stereocenters. The maximum absolute atomic E-state index is 12.4. The lowest BCUT2D eigenvalue weighted by molar-refractivity contribution is -0.145. The number of amides is 2. The molecule has 100 valence electrons. The van der Waals surface area contributed by atoms with Crippen molar-refractivity contribution in [2.45, 2.75) is 13.5 Å². The number of carbonyl (C=O) groups excluding carboxylic acids is 2. The van der Waals surface area contributed by atoms with Gasteiger partial charge in [-0.3, -0.25) is 14.5 Å². The number of aryl methyl sites for hydroxylation is 1. The van der Waals surface area contributed by atoms with Gasteiger partial charge in [-0.15, -0.1) is 0 Å². The maximum Gasteiger partial charge on any atom is 0.260 e. The van der Waals surface area contributed by atoms with E-state index in [4.69, 9.17) is 0 Å². The van der Waals surface area contributed by atoms with Gasteiger partial charge < -0.3 is 0 Å². The number of fused-ring (bicyclic) bond motifs is 1. The zero-order valence-electron chi connectivity index (χ0n) is 11.2. The summed E-state index contributed by atoms with van der Waals surface area (Å²) in [5.41, 5.74) is 2.68. The highest BCUT2D eigenvalue weighted by Gasteiger charge is 2.33. The number of imide groups is 1. The van der Waals surface area contributed by atoms with Crippen molar-refractivity contribution in [1.29, 1.82) is 0 Å². The van der Waals surface area contributed by atoms with E-state index in [1.165, 1.54) is 4.90 Å². The number of carbonyl (C=O) groups is 2. The largest absolute Gasteiger partial charge is 0.273 e. The molecule has 3 rings (SSSR count).